The lowest BCUT2D eigenvalue weighted by Gasteiger charge is -2.36. The molecule has 1 atom stereocenters. The van der Waals surface area contributed by atoms with Gasteiger partial charge in [0.2, 0.25) is 0 Å². The SMILES string of the molecule is CCC1CN(CCN(CCN2CCOCC2)CCN2CCOCC2)CCO1. The van der Waals surface area contributed by atoms with Gasteiger partial charge in [0.25, 0.3) is 0 Å². The van der Waals surface area contributed by atoms with Crippen LogP contribution in [0.15, 0.2) is 0 Å². The summed E-state index contributed by atoms with van der Waals surface area (Å²) in [6.07, 6.45) is 1.54. The van der Waals surface area contributed by atoms with E-state index in [1.807, 2.05) is 0 Å². The maximum atomic E-state index is 5.83. The van der Waals surface area contributed by atoms with Gasteiger partial charge in [0.05, 0.1) is 39.1 Å². The molecule has 158 valence electrons. The van der Waals surface area contributed by atoms with E-state index in [1.54, 1.807) is 0 Å². The van der Waals surface area contributed by atoms with Gasteiger partial charge in [0, 0.05) is 78.5 Å². The molecule has 0 aromatic heterocycles. The monoisotopic (exact) mass is 384 g/mol. The van der Waals surface area contributed by atoms with E-state index >= 15 is 0 Å². The Labute approximate surface area is 165 Å². The number of ether oxygens (including phenoxy) is 3. The van der Waals surface area contributed by atoms with Crippen molar-refractivity contribution in [3.63, 3.8) is 0 Å². The van der Waals surface area contributed by atoms with Gasteiger partial charge in [-0.1, -0.05) is 6.92 Å². The van der Waals surface area contributed by atoms with Gasteiger partial charge in [-0.3, -0.25) is 19.6 Å². The van der Waals surface area contributed by atoms with E-state index in [0.717, 1.165) is 118 Å². The van der Waals surface area contributed by atoms with Gasteiger partial charge in [0.1, 0.15) is 0 Å². The molecule has 0 aromatic rings. The molecule has 0 aliphatic carbocycles. The van der Waals surface area contributed by atoms with Crippen LogP contribution >= 0.6 is 0 Å². The first-order chi connectivity index (χ1) is 13.3. The van der Waals surface area contributed by atoms with Crippen LogP contribution in [0.25, 0.3) is 0 Å². The normalized spacial score (nSPS) is 26.7. The van der Waals surface area contributed by atoms with Gasteiger partial charge in [0.15, 0.2) is 0 Å². The molecule has 3 heterocycles. The fourth-order valence-corrected chi connectivity index (χ4v) is 4.06. The Bertz CT molecular complexity index is 367. The predicted octanol–water partition coefficient (Wildman–Crippen LogP) is 0.0636. The number of nitrogens with zero attached hydrogens (tertiary/aromatic N) is 4. The molecular formula is C20H40N4O3. The van der Waals surface area contributed by atoms with Crippen LogP contribution in [0.1, 0.15) is 13.3 Å². The molecule has 3 aliphatic rings. The van der Waals surface area contributed by atoms with Crippen LogP contribution in [0.2, 0.25) is 0 Å². The first-order valence-electron chi connectivity index (χ1n) is 11.0. The quantitative estimate of drug-likeness (QED) is 0.528. The molecule has 0 aromatic carbocycles. The minimum absolute atomic E-state index is 0.425. The molecule has 27 heavy (non-hydrogen) atoms. The van der Waals surface area contributed by atoms with Crippen molar-refractivity contribution < 1.29 is 14.2 Å². The third kappa shape index (κ3) is 7.93. The van der Waals surface area contributed by atoms with Gasteiger partial charge in [-0.2, -0.15) is 0 Å². The third-order valence-electron chi connectivity index (χ3n) is 6.08. The highest BCUT2D eigenvalue weighted by Crippen LogP contribution is 2.08. The zero-order valence-corrected chi connectivity index (χ0v) is 17.3. The lowest BCUT2D eigenvalue weighted by Crippen LogP contribution is -2.48. The molecule has 3 aliphatic heterocycles. The maximum Gasteiger partial charge on any atom is 0.0700 e. The smallest absolute Gasteiger partial charge is 0.0700 e. The molecule has 3 saturated heterocycles. The Morgan fingerprint density at radius 3 is 1.70 bits per heavy atom. The molecule has 0 spiro atoms. The number of hydrogen-bond acceptors (Lipinski definition) is 7. The molecular weight excluding hydrogens is 344 g/mol. The standard InChI is InChI=1S/C20H40N4O3/c1-2-20-19-24(13-18-27-20)8-7-21(3-5-22-9-14-25-15-10-22)4-6-23-11-16-26-17-12-23/h20H,2-19H2,1H3. The Kier molecular flexibility index (Phi) is 9.78. The lowest BCUT2D eigenvalue weighted by molar-refractivity contribution is -0.0325. The predicted molar refractivity (Wildman–Crippen MR) is 107 cm³/mol. The van der Waals surface area contributed by atoms with E-state index in [1.165, 1.54) is 0 Å². The van der Waals surface area contributed by atoms with Gasteiger partial charge < -0.3 is 14.2 Å². The highest BCUT2D eigenvalue weighted by Gasteiger charge is 2.20. The Morgan fingerprint density at radius 1 is 0.704 bits per heavy atom. The molecule has 3 fully saturated rings. The van der Waals surface area contributed by atoms with Crippen molar-refractivity contribution in [3.05, 3.63) is 0 Å². The van der Waals surface area contributed by atoms with Crippen LogP contribution in [0, 0.1) is 0 Å². The number of morpholine rings is 3. The zero-order valence-electron chi connectivity index (χ0n) is 17.3. The molecule has 1 unspecified atom stereocenters. The van der Waals surface area contributed by atoms with Crippen LogP contribution in [0.3, 0.4) is 0 Å². The topological polar surface area (TPSA) is 40.7 Å². The Hall–Kier alpha value is -0.280. The molecule has 0 radical (unpaired) electrons. The molecule has 0 saturated carbocycles. The minimum Gasteiger partial charge on any atom is -0.379 e. The fourth-order valence-electron chi connectivity index (χ4n) is 4.06. The third-order valence-corrected chi connectivity index (χ3v) is 6.08. The van der Waals surface area contributed by atoms with Crippen molar-refractivity contribution >= 4 is 0 Å². The second-order valence-electron chi connectivity index (χ2n) is 7.95. The van der Waals surface area contributed by atoms with Crippen LogP contribution in [0.4, 0.5) is 0 Å². The van der Waals surface area contributed by atoms with Crippen LogP contribution in [-0.4, -0.2) is 137 Å². The van der Waals surface area contributed by atoms with E-state index in [9.17, 15) is 0 Å². The molecule has 0 amide bonds. The molecule has 0 N–H and O–H groups in total. The van der Waals surface area contributed by atoms with Crippen molar-refractivity contribution in [2.45, 2.75) is 19.4 Å². The van der Waals surface area contributed by atoms with Crippen molar-refractivity contribution in [3.8, 4) is 0 Å². The fraction of sp³-hybridized carbons (Fsp3) is 1.00. The maximum absolute atomic E-state index is 5.83. The summed E-state index contributed by atoms with van der Waals surface area (Å²) in [5, 5.41) is 0. The largest absolute Gasteiger partial charge is 0.379 e. The summed E-state index contributed by atoms with van der Waals surface area (Å²) < 4.78 is 16.8. The van der Waals surface area contributed by atoms with Crippen molar-refractivity contribution in [2.24, 2.45) is 0 Å². The van der Waals surface area contributed by atoms with Gasteiger partial charge in [-0.05, 0) is 6.42 Å². The summed E-state index contributed by atoms with van der Waals surface area (Å²) in [4.78, 5) is 10.4. The highest BCUT2D eigenvalue weighted by atomic mass is 16.5. The molecule has 3 rings (SSSR count). The second kappa shape index (κ2) is 12.3. The second-order valence-corrected chi connectivity index (χ2v) is 7.95. The van der Waals surface area contributed by atoms with E-state index in [2.05, 4.69) is 26.5 Å². The molecule has 0 bridgehead atoms. The Balaban J connectivity index is 1.42. The van der Waals surface area contributed by atoms with Crippen LogP contribution in [0.5, 0.6) is 0 Å². The van der Waals surface area contributed by atoms with E-state index in [0.29, 0.717) is 6.10 Å². The molecule has 7 nitrogen and oxygen atoms in total. The van der Waals surface area contributed by atoms with Gasteiger partial charge >= 0.3 is 0 Å². The highest BCUT2D eigenvalue weighted by molar-refractivity contribution is 4.74. The van der Waals surface area contributed by atoms with Crippen LogP contribution < -0.4 is 0 Å². The number of hydrogen-bond donors (Lipinski definition) is 0. The summed E-state index contributed by atoms with van der Waals surface area (Å²) in [6, 6.07) is 0. The Morgan fingerprint density at radius 2 is 1.19 bits per heavy atom. The molecule has 7 heteroatoms. The van der Waals surface area contributed by atoms with Gasteiger partial charge in [-0.25, -0.2) is 0 Å². The van der Waals surface area contributed by atoms with E-state index in [4.69, 9.17) is 14.2 Å². The summed E-state index contributed by atoms with van der Waals surface area (Å²) in [5.41, 5.74) is 0. The summed E-state index contributed by atoms with van der Waals surface area (Å²) in [6.45, 7) is 20.1. The zero-order chi connectivity index (χ0) is 18.7. The summed E-state index contributed by atoms with van der Waals surface area (Å²) in [5.74, 6) is 0. The van der Waals surface area contributed by atoms with Crippen molar-refractivity contribution in [2.75, 3.05) is 112 Å². The van der Waals surface area contributed by atoms with E-state index in [-0.39, 0.29) is 0 Å². The summed E-state index contributed by atoms with van der Waals surface area (Å²) >= 11 is 0. The first kappa shape index (κ1) is 21.4. The summed E-state index contributed by atoms with van der Waals surface area (Å²) in [7, 11) is 0. The minimum atomic E-state index is 0.425. The van der Waals surface area contributed by atoms with Crippen molar-refractivity contribution in [1.29, 1.82) is 0 Å². The van der Waals surface area contributed by atoms with Gasteiger partial charge in [-0.15, -0.1) is 0 Å². The average Bonchev–Trinajstić information content (AvgIpc) is 2.75. The number of rotatable bonds is 10. The van der Waals surface area contributed by atoms with E-state index < -0.39 is 0 Å². The van der Waals surface area contributed by atoms with Crippen molar-refractivity contribution in [1.82, 2.24) is 19.6 Å². The first-order valence-corrected chi connectivity index (χ1v) is 11.0. The lowest BCUT2D eigenvalue weighted by atomic mass is 10.2. The van der Waals surface area contributed by atoms with Crippen LogP contribution in [-0.2, 0) is 14.2 Å². The average molecular weight is 385 g/mol.